The van der Waals surface area contributed by atoms with E-state index in [2.05, 4.69) is 11.2 Å². The van der Waals surface area contributed by atoms with Crippen LogP contribution in [0.5, 0.6) is 0 Å². The summed E-state index contributed by atoms with van der Waals surface area (Å²) in [5, 5.41) is 33.9. The van der Waals surface area contributed by atoms with Gasteiger partial charge in [0.05, 0.1) is 24.6 Å². The number of aliphatic hydroxyl groups excluding tert-OH is 1. The molecule has 9 heteroatoms. The van der Waals surface area contributed by atoms with Crippen LogP contribution in [0.2, 0.25) is 0 Å². The summed E-state index contributed by atoms with van der Waals surface area (Å²) in [7, 11) is 3.27. The lowest BCUT2D eigenvalue weighted by Crippen LogP contribution is -2.69. The zero-order chi connectivity index (χ0) is 20.2. The fourth-order valence-corrected chi connectivity index (χ4v) is 5.53. The summed E-state index contributed by atoms with van der Waals surface area (Å²) in [6.07, 6.45) is 3.71. The molecule has 4 rings (SSSR count). The van der Waals surface area contributed by atoms with E-state index in [0.29, 0.717) is 29.7 Å². The number of likely N-dealkylation sites (N-methyl/N-ethyl adjacent to an activating group) is 1. The fraction of sp³-hybridized carbons (Fsp3) is 0.579. The molecule has 2 N–H and O–H groups in total. The van der Waals surface area contributed by atoms with Crippen molar-refractivity contribution in [1.82, 2.24) is 9.80 Å². The molecule has 4 aliphatic rings. The van der Waals surface area contributed by atoms with Crippen molar-refractivity contribution in [2.45, 2.75) is 43.1 Å². The second-order valence-corrected chi connectivity index (χ2v) is 7.64. The number of allylic oxidation sites excluding steroid dienone is 2. The lowest BCUT2D eigenvalue weighted by Gasteiger charge is -2.54. The van der Waals surface area contributed by atoms with E-state index >= 15 is 0 Å². The Bertz CT molecular complexity index is 857. The number of carboxylic acids is 1. The van der Waals surface area contributed by atoms with Gasteiger partial charge in [0.1, 0.15) is 18.9 Å². The molecule has 1 aliphatic carbocycles. The normalized spacial score (nSPS) is 38.9. The number of carboxylic acid groups (broad SMARTS) is 1. The number of nitrogens with zero attached hydrogens (tertiary/aromatic N) is 4. The van der Waals surface area contributed by atoms with E-state index in [-0.39, 0.29) is 30.5 Å². The quantitative estimate of drug-likeness (QED) is 0.493. The van der Waals surface area contributed by atoms with Crippen LogP contribution in [0.1, 0.15) is 12.8 Å². The monoisotopic (exact) mass is 386 g/mol. The Morgan fingerprint density at radius 2 is 2.18 bits per heavy atom. The van der Waals surface area contributed by atoms with Crippen molar-refractivity contribution < 1.29 is 24.6 Å². The first kappa shape index (κ1) is 18.8. The molecule has 28 heavy (non-hydrogen) atoms. The highest BCUT2D eigenvalue weighted by molar-refractivity contribution is 6.22. The van der Waals surface area contributed by atoms with Crippen LogP contribution in [0.3, 0.4) is 0 Å². The summed E-state index contributed by atoms with van der Waals surface area (Å²) in [6, 6.07) is 0.114. The number of nitriles is 1. The van der Waals surface area contributed by atoms with Crippen LogP contribution in [0.15, 0.2) is 28.5 Å². The van der Waals surface area contributed by atoms with E-state index < -0.39 is 24.0 Å². The van der Waals surface area contributed by atoms with Gasteiger partial charge in [-0.15, -0.1) is 0 Å². The van der Waals surface area contributed by atoms with Crippen molar-refractivity contribution in [3.05, 3.63) is 23.3 Å². The summed E-state index contributed by atoms with van der Waals surface area (Å²) in [4.78, 5) is 33.4. The number of aliphatic carboxylic acids is 1. The standard InChI is InChI=1S/C19H22N4O5/c1-22-12-6-10(19(26)27)18(22)13-5-9-11(21-28-2)3-4-16(25)17(9)15(8-24)23(13)14(12)7-20/h3-4,10,12-15,18,24H,5-6,8H2,1-2H3,(H,26,27)/b21-11+/t10-,12+,13+,14?,15+,18-/m1/s1. The number of fused-ring (bicyclic) bond motifs is 4. The second-order valence-electron chi connectivity index (χ2n) is 7.64. The number of carbonyl (C=O) groups excluding carboxylic acids is 1. The van der Waals surface area contributed by atoms with Crippen molar-refractivity contribution in [3.63, 3.8) is 0 Å². The van der Waals surface area contributed by atoms with Crippen LogP contribution < -0.4 is 0 Å². The van der Waals surface area contributed by atoms with E-state index in [9.17, 15) is 25.1 Å². The van der Waals surface area contributed by atoms with Gasteiger partial charge in [-0.05, 0) is 37.6 Å². The topological polar surface area (TPSA) is 126 Å². The molecule has 2 bridgehead atoms. The molecule has 2 fully saturated rings. The number of hydrogen-bond donors (Lipinski definition) is 2. The van der Waals surface area contributed by atoms with Crippen LogP contribution in [-0.2, 0) is 14.4 Å². The van der Waals surface area contributed by atoms with E-state index in [4.69, 9.17) is 4.84 Å². The Balaban J connectivity index is 1.87. The van der Waals surface area contributed by atoms with Crippen molar-refractivity contribution in [1.29, 1.82) is 5.26 Å². The number of carbonyl (C=O) groups is 2. The van der Waals surface area contributed by atoms with Crippen LogP contribution in [0.4, 0.5) is 0 Å². The highest BCUT2D eigenvalue weighted by Gasteiger charge is 2.60. The molecule has 0 radical (unpaired) electrons. The third-order valence-electron chi connectivity index (χ3n) is 6.57. The van der Waals surface area contributed by atoms with E-state index in [1.54, 1.807) is 6.08 Å². The highest BCUT2D eigenvalue weighted by Crippen LogP contribution is 2.47. The molecule has 0 aromatic carbocycles. The van der Waals surface area contributed by atoms with Crippen LogP contribution in [0.25, 0.3) is 0 Å². The number of piperazine rings is 1. The smallest absolute Gasteiger partial charge is 0.308 e. The van der Waals surface area contributed by atoms with Crippen molar-refractivity contribution in [3.8, 4) is 6.07 Å². The number of oxime groups is 1. The molecule has 148 valence electrons. The lowest BCUT2D eigenvalue weighted by atomic mass is 9.76. The maximum absolute atomic E-state index is 12.7. The summed E-state index contributed by atoms with van der Waals surface area (Å²) >= 11 is 0. The number of aliphatic hydroxyl groups is 1. The van der Waals surface area contributed by atoms with Gasteiger partial charge in [-0.3, -0.25) is 19.4 Å². The van der Waals surface area contributed by atoms with Gasteiger partial charge >= 0.3 is 5.97 Å². The lowest BCUT2D eigenvalue weighted by molar-refractivity contribution is -0.144. The average Bonchev–Trinajstić information content (AvgIpc) is 2.93. The molecule has 2 saturated heterocycles. The molecule has 0 aromatic rings. The molecule has 9 nitrogen and oxygen atoms in total. The third-order valence-corrected chi connectivity index (χ3v) is 6.57. The van der Waals surface area contributed by atoms with Gasteiger partial charge in [0.15, 0.2) is 5.78 Å². The highest BCUT2D eigenvalue weighted by atomic mass is 16.6. The molecule has 1 unspecified atom stereocenters. The minimum atomic E-state index is -0.886. The maximum atomic E-state index is 12.7. The van der Waals surface area contributed by atoms with E-state index in [1.165, 1.54) is 13.2 Å². The molecule has 0 aromatic heterocycles. The van der Waals surface area contributed by atoms with Gasteiger partial charge in [-0.1, -0.05) is 5.16 Å². The maximum Gasteiger partial charge on any atom is 0.308 e. The largest absolute Gasteiger partial charge is 0.481 e. The molecule has 0 spiro atoms. The van der Waals surface area contributed by atoms with E-state index in [0.717, 1.165) is 0 Å². The Hall–Kier alpha value is -2.54. The predicted molar refractivity (Wildman–Crippen MR) is 97.2 cm³/mol. The second kappa shape index (κ2) is 6.81. The zero-order valence-electron chi connectivity index (χ0n) is 15.6. The SMILES string of the molecule is CO/N=C1\C=CC(=O)C2=C1C[C@H]1[C@H]3[C@H](C(=O)O)C[C@@H](C(C#N)N1[C@H]2CO)N3C. The molecule has 0 saturated carbocycles. The third kappa shape index (κ3) is 2.45. The van der Waals surface area contributed by atoms with Gasteiger partial charge in [0.25, 0.3) is 0 Å². The van der Waals surface area contributed by atoms with Crippen LogP contribution in [0, 0.1) is 17.2 Å². The van der Waals surface area contributed by atoms with Gasteiger partial charge < -0.3 is 15.1 Å². The number of rotatable bonds is 3. The first-order valence-corrected chi connectivity index (χ1v) is 9.24. The zero-order valence-corrected chi connectivity index (χ0v) is 15.6. The van der Waals surface area contributed by atoms with Gasteiger partial charge in [0.2, 0.25) is 0 Å². The summed E-state index contributed by atoms with van der Waals surface area (Å²) in [5.74, 6) is -1.72. The first-order chi connectivity index (χ1) is 13.4. The molecule has 3 heterocycles. The summed E-state index contributed by atoms with van der Waals surface area (Å²) < 4.78 is 0. The minimum absolute atomic E-state index is 0.222. The van der Waals surface area contributed by atoms with Gasteiger partial charge in [-0.25, -0.2) is 0 Å². The van der Waals surface area contributed by atoms with Crippen molar-refractivity contribution in [2.75, 3.05) is 20.8 Å². The van der Waals surface area contributed by atoms with Crippen LogP contribution >= 0.6 is 0 Å². The van der Waals surface area contributed by atoms with E-state index in [1.807, 2.05) is 16.8 Å². The predicted octanol–water partition coefficient (Wildman–Crippen LogP) is -0.461. The van der Waals surface area contributed by atoms with Crippen LogP contribution in [-0.4, -0.2) is 88.5 Å². The molecular formula is C19H22N4O5. The van der Waals surface area contributed by atoms with Gasteiger partial charge in [-0.2, -0.15) is 5.26 Å². The number of hydrogen-bond acceptors (Lipinski definition) is 8. The Labute approximate surface area is 162 Å². The Kier molecular flexibility index (Phi) is 4.57. The van der Waals surface area contributed by atoms with Crippen molar-refractivity contribution >= 4 is 17.5 Å². The fourth-order valence-electron chi connectivity index (χ4n) is 5.53. The first-order valence-electron chi connectivity index (χ1n) is 9.24. The van der Waals surface area contributed by atoms with Gasteiger partial charge in [0, 0.05) is 23.7 Å². The summed E-state index contributed by atoms with van der Waals surface area (Å²) in [6.45, 7) is -0.339. The number of ketones is 1. The molecule has 3 aliphatic heterocycles. The minimum Gasteiger partial charge on any atom is -0.481 e. The molecule has 0 amide bonds. The Morgan fingerprint density at radius 3 is 2.79 bits per heavy atom. The molecular weight excluding hydrogens is 364 g/mol. The summed E-state index contributed by atoms with van der Waals surface area (Å²) in [5.41, 5.74) is 1.58. The average molecular weight is 386 g/mol. The Morgan fingerprint density at radius 1 is 1.43 bits per heavy atom. The molecule has 6 atom stereocenters. The van der Waals surface area contributed by atoms with Crippen molar-refractivity contribution in [2.24, 2.45) is 11.1 Å².